The zero-order chi connectivity index (χ0) is 14.7. The smallest absolute Gasteiger partial charge is 0.100 e. The van der Waals surface area contributed by atoms with Crippen molar-refractivity contribution in [3.63, 3.8) is 0 Å². The molecule has 2 aliphatic heterocycles. The molecule has 3 rings (SSSR count). The molecule has 0 bridgehead atoms. The Bertz CT molecular complexity index is 424. The zero-order valence-corrected chi connectivity index (χ0v) is 13.8. The molecular weight excluding hydrogens is 284 g/mol. The van der Waals surface area contributed by atoms with Crippen LogP contribution in [-0.4, -0.2) is 68.4 Å². The van der Waals surface area contributed by atoms with Crippen molar-refractivity contribution in [3.8, 4) is 0 Å². The summed E-state index contributed by atoms with van der Waals surface area (Å²) in [4.78, 5) is 6.17. The molecule has 3 heterocycles. The quantitative estimate of drug-likeness (QED) is 0.803. The van der Waals surface area contributed by atoms with Crippen molar-refractivity contribution in [3.05, 3.63) is 22.4 Å². The van der Waals surface area contributed by atoms with E-state index < -0.39 is 0 Å². The van der Waals surface area contributed by atoms with E-state index in [0.717, 1.165) is 32.8 Å². The van der Waals surface area contributed by atoms with Gasteiger partial charge in [0.05, 0.1) is 12.7 Å². The van der Waals surface area contributed by atoms with Gasteiger partial charge in [0.1, 0.15) is 6.10 Å². The molecule has 118 valence electrons. The van der Waals surface area contributed by atoms with Gasteiger partial charge in [-0.2, -0.15) is 0 Å². The molecule has 1 aromatic rings. The molecule has 0 aliphatic carbocycles. The van der Waals surface area contributed by atoms with Gasteiger partial charge in [-0.05, 0) is 38.4 Å². The molecule has 2 aliphatic rings. The topological polar surface area (TPSA) is 24.9 Å². The third-order valence-electron chi connectivity index (χ3n) is 4.39. The summed E-state index contributed by atoms with van der Waals surface area (Å²) in [5.74, 6) is 0. The molecule has 5 heteroatoms. The first-order valence-electron chi connectivity index (χ1n) is 7.88. The Morgan fingerprint density at radius 1 is 1.48 bits per heavy atom. The van der Waals surface area contributed by atoms with Crippen LogP contribution in [0.3, 0.4) is 0 Å². The lowest BCUT2D eigenvalue weighted by Crippen LogP contribution is -2.42. The second-order valence-corrected chi connectivity index (χ2v) is 7.30. The van der Waals surface area contributed by atoms with Crippen LogP contribution in [0.2, 0.25) is 0 Å². The first-order valence-corrected chi connectivity index (χ1v) is 8.76. The molecule has 4 nitrogen and oxygen atoms in total. The van der Waals surface area contributed by atoms with E-state index in [9.17, 15) is 0 Å². The molecule has 0 spiro atoms. The Hall–Kier alpha value is -0.460. The standard InChI is InChI=1S/C16H26N2O2S/c1-17(2)7-9-19-15-12-18(11-13-5-4-10-21-13)14-6-3-8-20-16(14)15/h4-5,10,14-16H,3,6-9,11-12H2,1-2H3/t14-,15+,16+/m0/s1. The van der Waals surface area contributed by atoms with E-state index >= 15 is 0 Å². The summed E-state index contributed by atoms with van der Waals surface area (Å²) in [5.41, 5.74) is 0. The molecule has 21 heavy (non-hydrogen) atoms. The number of thiophene rings is 1. The van der Waals surface area contributed by atoms with Gasteiger partial charge >= 0.3 is 0 Å². The van der Waals surface area contributed by atoms with E-state index in [0.29, 0.717) is 6.04 Å². The highest BCUT2D eigenvalue weighted by Crippen LogP contribution is 2.32. The van der Waals surface area contributed by atoms with Gasteiger partial charge in [0, 0.05) is 37.2 Å². The molecule has 0 aromatic carbocycles. The summed E-state index contributed by atoms with van der Waals surface area (Å²) in [6.07, 6.45) is 2.91. The van der Waals surface area contributed by atoms with E-state index in [1.54, 1.807) is 0 Å². The largest absolute Gasteiger partial charge is 0.374 e. The van der Waals surface area contributed by atoms with Gasteiger partial charge in [-0.15, -0.1) is 11.3 Å². The van der Waals surface area contributed by atoms with Crippen molar-refractivity contribution >= 4 is 11.3 Å². The number of hydrogen-bond acceptors (Lipinski definition) is 5. The minimum absolute atomic E-state index is 0.232. The minimum atomic E-state index is 0.232. The highest BCUT2D eigenvalue weighted by molar-refractivity contribution is 7.09. The van der Waals surface area contributed by atoms with Crippen molar-refractivity contribution in [2.45, 2.75) is 37.6 Å². The fourth-order valence-corrected chi connectivity index (χ4v) is 4.05. The van der Waals surface area contributed by atoms with Crippen molar-refractivity contribution in [2.24, 2.45) is 0 Å². The van der Waals surface area contributed by atoms with Crippen LogP contribution in [0, 0.1) is 0 Å². The molecular formula is C16H26N2O2S. The summed E-state index contributed by atoms with van der Waals surface area (Å²) in [6.45, 7) is 4.69. The van der Waals surface area contributed by atoms with E-state index in [4.69, 9.17) is 9.47 Å². The molecule has 0 radical (unpaired) electrons. The fraction of sp³-hybridized carbons (Fsp3) is 0.750. The van der Waals surface area contributed by atoms with Crippen molar-refractivity contribution in [1.82, 2.24) is 9.80 Å². The van der Waals surface area contributed by atoms with Crippen LogP contribution < -0.4 is 0 Å². The van der Waals surface area contributed by atoms with E-state index in [-0.39, 0.29) is 12.2 Å². The third kappa shape index (κ3) is 3.85. The number of likely N-dealkylation sites (N-methyl/N-ethyl adjacent to an activating group) is 1. The molecule has 0 N–H and O–H groups in total. The molecule has 2 fully saturated rings. The van der Waals surface area contributed by atoms with Gasteiger partial charge in [-0.25, -0.2) is 0 Å². The summed E-state index contributed by atoms with van der Waals surface area (Å²) >= 11 is 1.84. The van der Waals surface area contributed by atoms with Gasteiger partial charge in [0.2, 0.25) is 0 Å². The monoisotopic (exact) mass is 310 g/mol. The maximum absolute atomic E-state index is 6.13. The van der Waals surface area contributed by atoms with Crippen LogP contribution in [0.1, 0.15) is 17.7 Å². The molecule has 0 amide bonds. The predicted octanol–water partition coefficient (Wildman–Crippen LogP) is 2.06. The molecule has 3 atom stereocenters. The summed E-state index contributed by atoms with van der Waals surface area (Å²) in [5, 5.41) is 2.16. The number of fused-ring (bicyclic) bond motifs is 1. The lowest BCUT2D eigenvalue weighted by Gasteiger charge is -2.32. The molecule has 1 aromatic heterocycles. The molecule has 0 saturated carbocycles. The summed E-state index contributed by atoms with van der Waals surface area (Å²) in [7, 11) is 4.17. The summed E-state index contributed by atoms with van der Waals surface area (Å²) < 4.78 is 12.2. The van der Waals surface area contributed by atoms with Crippen LogP contribution in [0.25, 0.3) is 0 Å². The van der Waals surface area contributed by atoms with Gasteiger partial charge in [-0.3, -0.25) is 4.90 Å². The Labute approximate surface area is 131 Å². The average molecular weight is 310 g/mol. The van der Waals surface area contributed by atoms with E-state index in [1.807, 2.05) is 11.3 Å². The Morgan fingerprint density at radius 3 is 3.14 bits per heavy atom. The van der Waals surface area contributed by atoms with Crippen molar-refractivity contribution < 1.29 is 9.47 Å². The van der Waals surface area contributed by atoms with Crippen LogP contribution >= 0.6 is 11.3 Å². The Morgan fingerprint density at radius 2 is 2.38 bits per heavy atom. The maximum atomic E-state index is 6.13. The van der Waals surface area contributed by atoms with Crippen LogP contribution in [0.4, 0.5) is 0 Å². The molecule has 2 saturated heterocycles. The van der Waals surface area contributed by atoms with E-state index in [2.05, 4.69) is 41.4 Å². The van der Waals surface area contributed by atoms with Crippen molar-refractivity contribution in [1.29, 1.82) is 0 Å². The summed E-state index contributed by atoms with van der Waals surface area (Å²) in [6, 6.07) is 4.89. The number of nitrogens with zero attached hydrogens (tertiary/aromatic N) is 2. The van der Waals surface area contributed by atoms with Crippen LogP contribution in [0.15, 0.2) is 17.5 Å². The van der Waals surface area contributed by atoms with Gasteiger partial charge in [0.25, 0.3) is 0 Å². The lowest BCUT2D eigenvalue weighted by molar-refractivity contribution is -0.0786. The first-order chi connectivity index (χ1) is 10.2. The Kier molecular flexibility index (Phi) is 5.29. The predicted molar refractivity (Wildman–Crippen MR) is 85.8 cm³/mol. The van der Waals surface area contributed by atoms with Crippen LogP contribution in [0.5, 0.6) is 0 Å². The maximum Gasteiger partial charge on any atom is 0.100 e. The fourth-order valence-electron chi connectivity index (χ4n) is 3.32. The lowest BCUT2D eigenvalue weighted by atomic mass is 10.0. The van der Waals surface area contributed by atoms with Crippen LogP contribution in [-0.2, 0) is 16.0 Å². The first kappa shape index (κ1) is 15.4. The number of rotatable bonds is 6. The highest BCUT2D eigenvalue weighted by Gasteiger charge is 2.44. The zero-order valence-electron chi connectivity index (χ0n) is 13.0. The SMILES string of the molecule is CN(C)CCO[C@@H]1CN(Cc2cccs2)[C@H]2CCCO[C@@H]12. The number of ether oxygens (including phenoxy) is 2. The van der Waals surface area contributed by atoms with Gasteiger partial charge in [0.15, 0.2) is 0 Å². The van der Waals surface area contributed by atoms with Crippen molar-refractivity contribution in [2.75, 3.05) is 40.4 Å². The number of hydrogen-bond donors (Lipinski definition) is 0. The average Bonchev–Trinajstić information content (AvgIpc) is 3.09. The van der Waals surface area contributed by atoms with Gasteiger partial charge < -0.3 is 14.4 Å². The second kappa shape index (κ2) is 7.20. The normalized spacial score (nSPS) is 30.0. The minimum Gasteiger partial charge on any atom is -0.374 e. The van der Waals surface area contributed by atoms with E-state index in [1.165, 1.54) is 17.7 Å². The highest BCUT2D eigenvalue weighted by atomic mass is 32.1. The number of likely N-dealkylation sites (tertiary alicyclic amines) is 1. The second-order valence-electron chi connectivity index (χ2n) is 6.27. The van der Waals surface area contributed by atoms with Gasteiger partial charge in [-0.1, -0.05) is 6.07 Å². The molecule has 0 unspecified atom stereocenters. The third-order valence-corrected chi connectivity index (χ3v) is 5.25. The Balaban J connectivity index is 1.60.